The number of carbonyl (C=O) groups is 4. The summed E-state index contributed by atoms with van der Waals surface area (Å²) >= 11 is 0. The number of halogens is 1. The van der Waals surface area contributed by atoms with E-state index in [-0.39, 0.29) is 25.3 Å². The summed E-state index contributed by atoms with van der Waals surface area (Å²) in [6.45, 7) is 2.50. The number of carbonyl (C=O) groups excluding carboxylic acids is 4. The Morgan fingerprint density at radius 2 is 1.84 bits per heavy atom. The van der Waals surface area contributed by atoms with Crippen molar-refractivity contribution in [2.45, 2.75) is 50.7 Å². The van der Waals surface area contributed by atoms with Crippen LogP contribution in [-0.4, -0.2) is 54.4 Å². The molecule has 1 aliphatic heterocycles. The van der Waals surface area contributed by atoms with E-state index in [0.29, 0.717) is 37.7 Å². The summed E-state index contributed by atoms with van der Waals surface area (Å²) in [5.41, 5.74) is -0.471. The first-order chi connectivity index (χ1) is 14.8. The SMILES string of the molecule is CC(=O)NC1(C(=O)N[C@@H](CCC(=O)C=N)C(=O)NCc2ccc(F)cc2)CCNCC1. The number of rotatable bonds is 10. The normalized spacial score (nSPS) is 15.9. The molecule has 1 aromatic carbocycles. The van der Waals surface area contributed by atoms with Crippen LogP contribution < -0.4 is 21.3 Å². The minimum absolute atomic E-state index is 0.00358. The molecule has 31 heavy (non-hydrogen) atoms. The van der Waals surface area contributed by atoms with Gasteiger partial charge in [0.1, 0.15) is 17.4 Å². The van der Waals surface area contributed by atoms with Crippen molar-refractivity contribution in [1.82, 2.24) is 21.3 Å². The third-order valence-corrected chi connectivity index (χ3v) is 5.15. The predicted molar refractivity (Wildman–Crippen MR) is 112 cm³/mol. The monoisotopic (exact) mass is 433 g/mol. The smallest absolute Gasteiger partial charge is 0.246 e. The molecule has 1 aliphatic rings. The van der Waals surface area contributed by atoms with Crippen LogP contribution in [0.25, 0.3) is 0 Å². The lowest BCUT2D eigenvalue weighted by atomic mass is 9.86. The van der Waals surface area contributed by atoms with E-state index in [1.165, 1.54) is 31.2 Å². The van der Waals surface area contributed by atoms with Gasteiger partial charge in [0.25, 0.3) is 0 Å². The highest BCUT2D eigenvalue weighted by Gasteiger charge is 2.41. The summed E-state index contributed by atoms with van der Waals surface area (Å²) in [4.78, 5) is 49.1. The molecule has 0 aliphatic carbocycles. The topological polar surface area (TPSA) is 140 Å². The minimum Gasteiger partial charge on any atom is -0.350 e. The maximum absolute atomic E-state index is 13.1. The van der Waals surface area contributed by atoms with Gasteiger partial charge in [-0.15, -0.1) is 0 Å². The van der Waals surface area contributed by atoms with E-state index in [0.717, 1.165) is 0 Å². The van der Waals surface area contributed by atoms with Crippen LogP contribution in [0.4, 0.5) is 4.39 Å². The molecular weight excluding hydrogens is 405 g/mol. The second kappa shape index (κ2) is 11.3. The van der Waals surface area contributed by atoms with E-state index in [4.69, 9.17) is 5.41 Å². The highest BCUT2D eigenvalue weighted by molar-refractivity contribution is 6.26. The van der Waals surface area contributed by atoms with Crippen LogP contribution in [0.5, 0.6) is 0 Å². The average Bonchev–Trinajstić information content (AvgIpc) is 2.75. The van der Waals surface area contributed by atoms with Crippen LogP contribution in [0.2, 0.25) is 0 Å². The van der Waals surface area contributed by atoms with Gasteiger partial charge in [0.2, 0.25) is 17.7 Å². The molecule has 0 spiro atoms. The van der Waals surface area contributed by atoms with E-state index >= 15 is 0 Å². The number of hydrogen-bond acceptors (Lipinski definition) is 6. The van der Waals surface area contributed by atoms with Crippen LogP contribution in [0.15, 0.2) is 24.3 Å². The lowest BCUT2D eigenvalue weighted by molar-refractivity contribution is -0.136. The van der Waals surface area contributed by atoms with Crippen molar-refractivity contribution in [2.24, 2.45) is 0 Å². The highest BCUT2D eigenvalue weighted by Crippen LogP contribution is 2.19. The number of nitrogens with one attached hydrogen (secondary N) is 5. The van der Waals surface area contributed by atoms with E-state index in [1.807, 2.05) is 0 Å². The Bertz CT molecular complexity index is 822. The molecule has 5 N–H and O–H groups in total. The zero-order chi connectivity index (χ0) is 22.9. The first-order valence-corrected chi connectivity index (χ1v) is 10.1. The standard InChI is InChI=1S/C21H28FN5O4/c1-14(28)27-21(8-10-24-11-9-21)20(31)26-18(7-6-17(29)12-23)19(30)25-13-15-2-4-16(22)5-3-15/h2-5,12,18,23-24H,6-11,13H2,1H3,(H,25,30)(H,26,31)(H,27,28)/t18-/m0/s1. The van der Waals surface area contributed by atoms with Crippen LogP contribution in [-0.2, 0) is 25.7 Å². The Kier molecular flexibility index (Phi) is 8.80. The van der Waals surface area contributed by atoms with Crippen molar-refractivity contribution < 1.29 is 23.6 Å². The van der Waals surface area contributed by atoms with Gasteiger partial charge in [-0.2, -0.15) is 0 Å². The largest absolute Gasteiger partial charge is 0.350 e. The van der Waals surface area contributed by atoms with Crippen LogP contribution >= 0.6 is 0 Å². The zero-order valence-electron chi connectivity index (χ0n) is 17.4. The lowest BCUT2D eigenvalue weighted by Gasteiger charge is -2.37. The molecule has 0 bridgehead atoms. The Labute approximate surface area is 180 Å². The number of Topliss-reactive ketones (excluding diaryl/α,β-unsaturated/α-hetero) is 1. The van der Waals surface area contributed by atoms with Gasteiger partial charge in [0.05, 0.1) is 6.21 Å². The van der Waals surface area contributed by atoms with Gasteiger partial charge in [0, 0.05) is 19.9 Å². The van der Waals surface area contributed by atoms with Crippen molar-refractivity contribution >= 4 is 29.7 Å². The van der Waals surface area contributed by atoms with Crippen molar-refractivity contribution in [2.75, 3.05) is 13.1 Å². The third-order valence-electron chi connectivity index (χ3n) is 5.15. The van der Waals surface area contributed by atoms with Crippen LogP contribution in [0.3, 0.4) is 0 Å². The van der Waals surface area contributed by atoms with E-state index in [2.05, 4.69) is 21.3 Å². The fraction of sp³-hybridized carbons (Fsp3) is 0.476. The van der Waals surface area contributed by atoms with Gasteiger partial charge in [-0.1, -0.05) is 12.1 Å². The van der Waals surface area contributed by atoms with Gasteiger partial charge in [-0.05, 0) is 50.0 Å². The molecule has 0 radical (unpaired) electrons. The van der Waals surface area contributed by atoms with Crippen LogP contribution in [0, 0.1) is 11.2 Å². The number of ketones is 1. The summed E-state index contributed by atoms with van der Waals surface area (Å²) in [5.74, 6) is -2.22. The highest BCUT2D eigenvalue weighted by atomic mass is 19.1. The molecule has 1 saturated heterocycles. The minimum atomic E-state index is -1.14. The fourth-order valence-corrected chi connectivity index (χ4v) is 3.44. The molecule has 10 heteroatoms. The Morgan fingerprint density at radius 3 is 2.42 bits per heavy atom. The second-order valence-electron chi connectivity index (χ2n) is 7.53. The number of benzene rings is 1. The quantitative estimate of drug-likeness (QED) is 0.335. The molecule has 1 heterocycles. The molecule has 9 nitrogen and oxygen atoms in total. The Balaban J connectivity index is 2.11. The van der Waals surface area contributed by atoms with Crippen molar-refractivity contribution in [3.05, 3.63) is 35.6 Å². The Morgan fingerprint density at radius 1 is 1.19 bits per heavy atom. The van der Waals surface area contributed by atoms with Gasteiger partial charge < -0.3 is 26.7 Å². The molecule has 0 aromatic heterocycles. The van der Waals surface area contributed by atoms with Crippen molar-refractivity contribution in [3.8, 4) is 0 Å². The molecule has 0 unspecified atom stereocenters. The average molecular weight is 433 g/mol. The van der Waals surface area contributed by atoms with E-state index in [9.17, 15) is 23.6 Å². The molecule has 168 valence electrons. The Hall–Kier alpha value is -3.14. The first kappa shape index (κ1) is 24.1. The van der Waals surface area contributed by atoms with E-state index < -0.39 is 35.0 Å². The molecule has 1 aromatic rings. The fourth-order valence-electron chi connectivity index (χ4n) is 3.44. The van der Waals surface area contributed by atoms with Crippen molar-refractivity contribution in [1.29, 1.82) is 5.41 Å². The number of piperidine rings is 1. The molecule has 2 rings (SSSR count). The third kappa shape index (κ3) is 7.25. The molecule has 0 saturated carbocycles. The van der Waals surface area contributed by atoms with E-state index in [1.54, 1.807) is 0 Å². The van der Waals surface area contributed by atoms with Gasteiger partial charge >= 0.3 is 0 Å². The maximum Gasteiger partial charge on any atom is 0.246 e. The van der Waals surface area contributed by atoms with Crippen molar-refractivity contribution in [3.63, 3.8) is 0 Å². The van der Waals surface area contributed by atoms with Gasteiger partial charge in [-0.25, -0.2) is 4.39 Å². The summed E-state index contributed by atoms with van der Waals surface area (Å²) in [5, 5.41) is 18.2. The summed E-state index contributed by atoms with van der Waals surface area (Å²) in [6, 6.07) is 4.58. The molecule has 3 amide bonds. The molecule has 1 fully saturated rings. The number of amides is 3. The zero-order valence-corrected chi connectivity index (χ0v) is 17.4. The summed E-state index contributed by atoms with van der Waals surface area (Å²) < 4.78 is 13.1. The van der Waals surface area contributed by atoms with Gasteiger partial charge in [0.15, 0.2) is 5.78 Å². The summed E-state index contributed by atoms with van der Waals surface area (Å²) in [7, 11) is 0. The molecular formula is C21H28FN5O4. The van der Waals surface area contributed by atoms with Gasteiger partial charge in [-0.3, -0.25) is 19.2 Å². The van der Waals surface area contributed by atoms with Crippen LogP contribution in [0.1, 0.15) is 38.2 Å². The maximum atomic E-state index is 13.1. The lowest BCUT2D eigenvalue weighted by Crippen LogP contribution is -2.64. The first-order valence-electron chi connectivity index (χ1n) is 10.1. The summed E-state index contributed by atoms with van der Waals surface area (Å²) in [6.07, 6.45) is 1.31. The number of hydrogen-bond donors (Lipinski definition) is 5. The second-order valence-corrected chi connectivity index (χ2v) is 7.53. The predicted octanol–water partition coefficient (Wildman–Crippen LogP) is 0.184. The molecule has 1 atom stereocenters.